The van der Waals surface area contributed by atoms with Crippen molar-refractivity contribution in [1.82, 2.24) is 5.32 Å². The van der Waals surface area contributed by atoms with Gasteiger partial charge in [-0.25, -0.2) is 0 Å². The van der Waals surface area contributed by atoms with Crippen LogP contribution in [-0.2, 0) is 6.42 Å². The largest absolute Gasteiger partial charge is 0.496 e. The summed E-state index contributed by atoms with van der Waals surface area (Å²) >= 11 is 0. The topological polar surface area (TPSA) is 30.5 Å². The number of hydrogen-bond donors (Lipinski definition) is 1. The van der Waals surface area contributed by atoms with Crippen LogP contribution >= 0.6 is 0 Å². The van der Waals surface area contributed by atoms with E-state index >= 15 is 0 Å². The molecule has 21 heavy (non-hydrogen) atoms. The molecule has 0 spiro atoms. The van der Waals surface area contributed by atoms with Gasteiger partial charge in [-0.2, -0.15) is 0 Å². The highest BCUT2D eigenvalue weighted by atomic mass is 16.5. The lowest BCUT2D eigenvalue weighted by atomic mass is 10.1. The minimum absolute atomic E-state index is 0.145. The monoisotopic (exact) mass is 285 g/mol. The molecule has 1 unspecified atom stereocenters. The van der Waals surface area contributed by atoms with E-state index < -0.39 is 0 Å². The minimum Gasteiger partial charge on any atom is -0.496 e. The van der Waals surface area contributed by atoms with E-state index in [0.717, 1.165) is 29.2 Å². The van der Waals surface area contributed by atoms with Gasteiger partial charge in [0.05, 0.1) is 12.7 Å². The maximum absolute atomic E-state index is 6.05. The van der Waals surface area contributed by atoms with Gasteiger partial charge in [0.2, 0.25) is 0 Å². The number of benzene rings is 2. The standard InChI is InChI=1S/C18H23NO2/c1-5-14-9-11-15(12-10-14)21-17-8-6-7-16(20-4)18(17)13(2)19-3/h6-13,19H,5H2,1-4H3. The summed E-state index contributed by atoms with van der Waals surface area (Å²) in [5.74, 6) is 2.49. The summed E-state index contributed by atoms with van der Waals surface area (Å²) in [6, 6.07) is 14.2. The SMILES string of the molecule is CCc1ccc(Oc2cccc(OC)c2C(C)NC)cc1. The molecule has 112 valence electrons. The Labute approximate surface area is 126 Å². The molecule has 0 aliphatic carbocycles. The van der Waals surface area contributed by atoms with E-state index in [4.69, 9.17) is 9.47 Å². The van der Waals surface area contributed by atoms with E-state index in [-0.39, 0.29) is 6.04 Å². The van der Waals surface area contributed by atoms with Gasteiger partial charge in [0.1, 0.15) is 17.2 Å². The second-order valence-corrected chi connectivity index (χ2v) is 4.98. The molecule has 0 saturated heterocycles. The molecule has 0 radical (unpaired) electrons. The second kappa shape index (κ2) is 7.14. The van der Waals surface area contributed by atoms with Crippen LogP contribution in [0.25, 0.3) is 0 Å². The van der Waals surface area contributed by atoms with Crippen LogP contribution in [0, 0.1) is 0 Å². The van der Waals surface area contributed by atoms with Crippen LogP contribution in [0.15, 0.2) is 42.5 Å². The average molecular weight is 285 g/mol. The summed E-state index contributed by atoms with van der Waals surface area (Å²) < 4.78 is 11.5. The molecule has 2 rings (SSSR count). The van der Waals surface area contributed by atoms with Crippen LogP contribution in [0.4, 0.5) is 0 Å². The van der Waals surface area contributed by atoms with Crippen LogP contribution < -0.4 is 14.8 Å². The van der Waals surface area contributed by atoms with Gasteiger partial charge in [-0.1, -0.05) is 25.1 Å². The lowest BCUT2D eigenvalue weighted by Crippen LogP contribution is -2.14. The third-order valence-corrected chi connectivity index (χ3v) is 3.67. The Hall–Kier alpha value is -2.00. The average Bonchev–Trinajstić information content (AvgIpc) is 2.54. The first-order valence-electron chi connectivity index (χ1n) is 7.30. The third kappa shape index (κ3) is 3.56. The summed E-state index contributed by atoms with van der Waals surface area (Å²) in [4.78, 5) is 0. The zero-order chi connectivity index (χ0) is 15.2. The summed E-state index contributed by atoms with van der Waals surface area (Å²) in [6.07, 6.45) is 1.03. The number of aryl methyl sites for hydroxylation is 1. The predicted octanol–water partition coefficient (Wildman–Crippen LogP) is 4.33. The minimum atomic E-state index is 0.145. The van der Waals surface area contributed by atoms with Gasteiger partial charge in [0.25, 0.3) is 0 Å². The van der Waals surface area contributed by atoms with E-state index in [1.807, 2.05) is 37.4 Å². The van der Waals surface area contributed by atoms with Crippen molar-refractivity contribution >= 4 is 0 Å². The number of ether oxygens (including phenoxy) is 2. The second-order valence-electron chi connectivity index (χ2n) is 4.98. The molecule has 3 nitrogen and oxygen atoms in total. The van der Waals surface area contributed by atoms with E-state index in [0.29, 0.717) is 0 Å². The number of nitrogens with one attached hydrogen (secondary N) is 1. The Morgan fingerprint density at radius 1 is 1.05 bits per heavy atom. The fourth-order valence-electron chi connectivity index (χ4n) is 2.28. The molecule has 0 heterocycles. The van der Waals surface area contributed by atoms with Crippen molar-refractivity contribution in [3.8, 4) is 17.2 Å². The summed E-state index contributed by atoms with van der Waals surface area (Å²) in [5.41, 5.74) is 2.33. The molecule has 0 amide bonds. The fraction of sp³-hybridized carbons (Fsp3) is 0.333. The number of hydrogen-bond acceptors (Lipinski definition) is 3. The molecule has 2 aromatic carbocycles. The van der Waals surface area contributed by atoms with Gasteiger partial charge in [0.15, 0.2) is 0 Å². The molecule has 0 saturated carbocycles. The van der Waals surface area contributed by atoms with Crippen LogP contribution in [0.1, 0.15) is 31.0 Å². The summed E-state index contributed by atoms with van der Waals surface area (Å²) in [7, 11) is 3.61. The quantitative estimate of drug-likeness (QED) is 0.857. The van der Waals surface area contributed by atoms with Crippen molar-refractivity contribution in [2.75, 3.05) is 14.2 Å². The fourth-order valence-corrected chi connectivity index (χ4v) is 2.28. The van der Waals surface area contributed by atoms with Crippen molar-refractivity contribution in [1.29, 1.82) is 0 Å². The molecule has 0 bridgehead atoms. The molecule has 0 aliphatic heterocycles. The zero-order valence-electron chi connectivity index (χ0n) is 13.1. The Morgan fingerprint density at radius 2 is 1.71 bits per heavy atom. The molecule has 0 aromatic heterocycles. The Balaban J connectivity index is 2.33. The van der Waals surface area contributed by atoms with Crippen LogP contribution in [0.5, 0.6) is 17.2 Å². The molecule has 3 heteroatoms. The number of methoxy groups -OCH3 is 1. The molecule has 1 atom stereocenters. The lowest BCUT2D eigenvalue weighted by molar-refractivity contribution is 0.393. The molecular weight excluding hydrogens is 262 g/mol. The smallest absolute Gasteiger partial charge is 0.135 e. The van der Waals surface area contributed by atoms with Gasteiger partial charge < -0.3 is 14.8 Å². The first-order chi connectivity index (χ1) is 10.2. The molecule has 0 aliphatic rings. The first-order valence-corrected chi connectivity index (χ1v) is 7.30. The highest BCUT2D eigenvalue weighted by Gasteiger charge is 2.16. The molecule has 2 aromatic rings. The van der Waals surface area contributed by atoms with E-state index in [1.54, 1.807) is 7.11 Å². The normalized spacial score (nSPS) is 12.0. The summed E-state index contributed by atoms with van der Waals surface area (Å²) in [6.45, 7) is 4.23. The van der Waals surface area contributed by atoms with E-state index in [9.17, 15) is 0 Å². The first kappa shape index (κ1) is 15.4. The molecular formula is C18H23NO2. The molecule has 0 fully saturated rings. The Bertz CT molecular complexity index is 578. The maximum atomic E-state index is 6.05. The van der Waals surface area contributed by atoms with Crippen molar-refractivity contribution in [2.24, 2.45) is 0 Å². The van der Waals surface area contributed by atoms with Gasteiger partial charge >= 0.3 is 0 Å². The van der Waals surface area contributed by atoms with Gasteiger partial charge in [-0.05, 0) is 50.2 Å². The van der Waals surface area contributed by atoms with Gasteiger partial charge in [-0.15, -0.1) is 0 Å². The highest BCUT2D eigenvalue weighted by molar-refractivity contribution is 5.48. The van der Waals surface area contributed by atoms with Gasteiger partial charge in [0, 0.05) is 6.04 Å². The van der Waals surface area contributed by atoms with E-state index in [2.05, 4.69) is 31.3 Å². The van der Waals surface area contributed by atoms with Crippen molar-refractivity contribution in [3.05, 3.63) is 53.6 Å². The maximum Gasteiger partial charge on any atom is 0.135 e. The van der Waals surface area contributed by atoms with Crippen LogP contribution in [0.3, 0.4) is 0 Å². The molecule has 1 N–H and O–H groups in total. The Kier molecular flexibility index (Phi) is 5.23. The Morgan fingerprint density at radius 3 is 2.29 bits per heavy atom. The van der Waals surface area contributed by atoms with Gasteiger partial charge in [-0.3, -0.25) is 0 Å². The zero-order valence-corrected chi connectivity index (χ0v) is 13.1. The van der Waals surface area contributed by atoms with Crippen molar-refractivity contribution in [3.63, 3.8) is 0 Å². The van der Waals surface area contributed by atoms with Crippen LogP contribution in [0.2, 0.25) is 0 Å². The van der Waals surface area contributed by atoms with Crippen molar-refractivity contribution < 1.29 is 9.47 Å². The van der Waals surface area contributed by atoms with E-state index in [1.165, 1.54) is 5.56 Å². The highest BCUT2D eigenvalue weighted by Crippen LogP contribution is 2.36. The van der Waals surface area contributed by atoms with Crippen molar-refractivity contribution in [2.45, 2.75) is 26.3 Å². The predicted molar refractivity (Wildman–Crippen MR) is 86.4 cm³/mol. The van der Waals surface area contributed by atoms with Crippen LogP contribution in [-0.4, -0.2) is 14.2 Å². The lowest BCUT2D eigenvalue weighted by Gasteiger charge is -2.19. The number of rotatable bonds is 6. The summed E-state index contributed by atoms with van der Waals surface area (Å²) in [5, 5.41) is 3.24. The third-order valence-electron chi connectivity index (χ3n) is 3.67.